The van der Waals surface area contributed by atoms with Crippen LogP contribution in [0, 0.1) is 0 Å². The molecule has 0 spiro atoms. The van der Waals surface area contributed by atoms with Gasteiger partial charge in [0.1, 0.15) is 0 Å². The Balaban J connectivity index is 0.000000250. The molecule has 0 heterocycles. The van der Waals surface area contributed by atoms with Crippen molar-refractivity contribution in [1.82, 2.24) is 0 Å². The SMILES string of the molecule is OC1CCC1.[LiH]. The van der Waals surface area contributed by atoms with E-state index in [1.165, 1.54) is 6.42 Å². The molecular weight excluding hydrogens is 71.0 g/mol. The zero-order chi connectivity index (χ0) is 3.70. The molecule has 0 amide bonds. The molecule has 1 nitrogen and oxygen atoms in total. The van der Waals surface area contributed by atoms with Crippen molar-refractivity contribution in [2.45, 2.75) is 25.4 Å². The Labute approximate surface area is 49.9 Å². The molecule has 2 heteroatoms. The first-order valence-electron chi connectivity index (χ1n) is 2.07. The van der Waals surface area contributed by atoms with Crippen molar-refractivity contribution in [1.29, 1.82) is 0 Å². The molecular formula is C4H9LiO. The number of hydrogen-bond donors (Lipinski definition) is 1. The van der Waals surface area contributed by atoms with E-state index in [2.05, 4.69) is 0 Å². The molecule has 0 radical (unpaired) electrons. The van der Waals surface area contributed by atoms with Gasteiger partial charge in [-0.15, -0.1) is 0 Å². The van der Waals surface area contributed by atoms with Gasteiger partial charge < -0.3 is 5.11 Å². The topological polar surface area (TPSA) is 20.2 Å². The third kappa shape index (κ3) is 1.34. The van der Waals surface area contributed by atoms with Crippen LogP contribution in [0.25, 0.3) is 0 Å². The molecule has 1 fully saturated rings. The minimum atomic E-state index is 0. The van der Waals surface area contributed by atoms with Crippen molar-refractivity contribution >= 4 is 18.9 Å². The van der Waals surface area contributed by atoms with Gasteiger partial charge in [0, 0.05) is 0 Å². The molecule has 0 aromatic rings. The molecule has 0 unspecified atom stereocenters. The van der Waals surface area contributed by atoms with Crippen molar-refractivity contribution in [3.63, 3.8) is 0 Å². The predicted molar refractivity (Wildman–Crippen MR) is 27.0 cm³/mol. The number of aliphatic hydroxyl groups is 1. The van der Waals surface area contributed by atoms with Crippen LogP contribution < -0.4 is 0 Å². The maximum atomic E-state index is 8.45. The second-order valence-corrected chi connectivity index (χ2v) is 1.58. The first-order chi connectivity index (χ1) is 2.39. The molecule has 1 aliphatic carbocycles. The zero-order valence-electron chi connectivity index (χ0n) is 3.15. The first kappa shape index (κ1) is 6.56. The number of hydrogen-bond acceptors (Lipinski definition) is 1. The van der Waals surface area contributed by atoms with E-state index in [1.54, 1.807) is 0 Å². The van der Waals surface area contributed by atoms with E-state index in [0.717, 1.165) is 12.8 Å². The van der Waals surface area contributed by atoms with Gasteiger partial charge >= 0.3 is 18.9 Å². The summed E-state index contributed by atoms with van der Waals surface area (Å²) in [6, 6.07) is 0. The minimum absolute atomic E-state index is 0. The normalized spacial score (nSPS) is 21.5. The standard InChI is InChI=1S/C4H8O.Li.H/c5-4-2-1-3-4;;/h4-5H,1-3H2;;. The molecule has 0 bridgehead atoms. The Bertz CT molecular complexity index is 34.5. The van der Waals surface area contributed by atoms with E-state index in [9.17, 15) is 0 Å². The Kier molecular flexibility index (Phi) is 2.93. The summed E-state index contributed by atoms with van der Waals surface area (Å²) < 4.78 is 0. The summed E-state index contributed by atoms with van der Waals surface area (Å²) in [6.07, 6.45) is 3.39. The first-order valence-corrected chi connectivity index (χ1v) is 2.07. The molecule has 1 aliphatic rings. The molecule has 0 aromatic carbocycles. The Morgan fingerprint density at radius 3 is 1.67 bits per heavy atom. The van der Waals surface area contributed by atoms with Gasteiger partial charge in [-0.2, -0.15) is 0 Å². The Morgan fingerprint density at radius 1 is 1.33 bits per heavy atom. The average molecular weight is 80.1 g/mol. The molecule has 32 valence electrons. The molecule has 0 saturated heterocycles. The molecule has 6 heavy (non-hydrogen) atoms. The quantitative estimate of drug-likeness (QED) is 0.402. The summed E-state index contributed by atoms with van der Waals surface area (Å²) >= 11 is 0. The van der Waals surface area contributed by atoms with E-state index in [0.29, 0.717) is 0 Å². The second kappa shape index (κ2) is 2.68. The Morgan fingerprint density at radius 2 is 1.67 bits per heavy atom. The van der Waals surface area contributed by atoms with Gasteiger partial charge in [-0.3, -0.25) is 0 Å². The molecule has 0 aromatic heterocycles. The average Bonchev–Trinajstić information content (AvgIpc) is 1.30. The summed E-state index contributed by atoms with van der Waals surface area (Å²) in [5, 5.41) is 8.45. The fourth-order valence-electron chi connectivity index (χ4n) is 0.387. The summed E-state index contributed by atoms with van der Waals surface area (Å²) in [7, 11) is 0. The van der Waals surface area contributed by atoms with Crippen molar-refractivity contribution in [3.05, 3.63) is 0 Å². The summed E-state index contributed by atoms with van der Waals surface area (Å²) in [5.41, 5.74) is 0. The monoisotopic (exact) mass is 80.1 g/mol. The van der Waals surface area contributed by atoms with Gasteiger partial charge in [0.15, 0.2) is 0 Å². The fraction of sp³-hybridized carbons (Fsp3) is 1.00. The molecule has 0 atom stereocenters. The van der Waals surface area contributed by atoms with Crippen molar-refractivity contribution < 1.29 is 5.11 Å². The maximum absolute atomic E-state index is 8.45. The predicted octanol–water partition coefficient (Wildman–Crippen LogP) is -0.117. The van der Waals surface area contributed by atoms with E-state index < -0.39 is 0 Å². The van der Waals surface area contributed by atoms with Crippen molar-refractivity contribution in [2.75, 3.05) is 0 Å². The van der Waals surface area contributed by atoms with E-state index in [-0.39, 0.29) is 25.0 Å². The van der Waals surface area contributed by atoms with Crippen LogP contribution in [0.2, 0.25) is 0 Å². The van der Waals surface area contributed by atoms with Crippen LogP contribution in [-0.4, -0.2) is 30.1 Å². The molecule has 0 aliphatic heterocycles. The molecule has 1 N–H and O–H groups in total. The third-order valence-corrected chi connectivity index (χ3v) is 1.07. The summed E-state index contributed by atoms with van der Waals surface area (Å²) in [6.45, 7) is 0. The van der Waals surface area contributed by atoms with Gasteiger partial charge in [-0.05, 0) is 19.3 Å². The summed E-state index contributed by atoms with van der Waals surface area (Å²) in [4.78, 5) is 0. The van der Waals surface area contributed by atoms with Crippen LogP contribution in [0.4, 0.5) is 0 Å². The van der Waals surface area contributed by atoms with Crippen LogP contribution in [0.15, 0.2) is 0 Å². The van der Waals surface area contributed by atoms with E-state index >= 15 is 0 Å². The van der Waals surface area contributed by atoms with Crippen LogP contribution >= 0.6 is 0 Å². The van der Waals surface area contributed by atoms with Crippen LogP contribution in [0.5, 0.6) is 0 Å². The molecule has 1 saturated carbocycles. The van der Waals surface area contributed by atoms with Gasteiger partial charge in [0.25, 0.3) is 0 Å². The van der Waals surface area contributed by atoms with Crippen LogP contribution in [-0.2, 0) is 0 Å². The van der Waals surface area contributed by atoms with E-state index in [1.807, 2.05) is 0 Å². The van der Waals surface area contributed by atoms with E-state index in [4.69, 9.17) is 5.11 Å². The third-order valence-electron chi connectivity index (χ3n) is 1.07. The van der Waals surface area contributed by atoms with Crippen molar-refractivity contribution in [2.24, 2.45) is 0 Å². The van der Waals surface area contributed by atoms with Gasteiger partial charge in [-0.25, -0.2) is 0 Å². The van der Waals surface area contributed by atoms with Gasteiger partial charge in [0.2, 0.25) is 0 Å². The second-order valence-electron chi connectivity index (χ2n) is 1.58. The van der Waals surface area contributed by atoms with Crippen molar-refractivity contribution in [3.8, 4) is 0 Å². The van der Waals surface area contributed by atoms with Crippen LogP contribution in [0.3, 0.4) is 0 Å². The number of aliphatic hydroxyl groups excluding tert-OH is 1. The number of rotatable bonds is 0. The Hall–Kier alpha value is 0.557. The molecule has 1 rings (SSSR count). The fourth-order valence-corrected chi connectivity index (χ4v) is 0.387. The van der Waals surface area contributed by atoms with Crippen LogP contribution in [0.1, 0.15) is 19.3 Å². The van der Waals surface area contributed by atoms with Gasteiger partial charge in [0.05, 0.1) is 6.10 Å². The zero-order valence-corrected chi connectivity index (χ0v) is 3.15. The van der Waals surface area contributed by atoms with Gasteiger partial charge in [-0.1, -0.05) is 0 Å². The summed E-state index contributed by atoms with van der Waals surface area (Å²) in [5.74, 6) is 0.